The summed E-state index contributed by atoms with van der Waals surface area (Å²) in [6, 6.07) is 10.9. The van der Waals surface area contributed by atoms with Crippen LogP contribution >= 0.6 is 0 Å². The van der Waals surface area contributed by atoms with Crippen molar-refractivity contribution in [2.24, 2.45) is 23.3 Å². The van der Waals surface area contributed by atoms with Gasteiger partial charge in [0.05, 0.1) is 45.5 Å². The van der Waals surface area contributed by atoms with Crippen LogP contribution in [0, 0.1) is 11.8 Å². The molecule has 6 aromatic rings. The van der Waals surface area contributed by atoms with Gasteiger partial charge in [-0.2, -0.15) is 0 Å². The van der Waals surface area contributed by atoms with E-state index in [0.717, 1.165) is 69.7 Å². The number of pyridine rings is 6. The van der Waals surface area contributed by atoms with Crippen LogP contribution in [0.4, 0.5) is 23.3 Å². The second-order valence-corrected chi connectivity index (χ2v) is 21.3. The molecule has 18 nitrogen and oxygen atoms in total. The maximum atomic E-state index is 12.3. The van der Waals surface area contributed by atoms with Gasteiger partial charge in [-0.1, -0.05) is 21.3 Å². The normalized spacial score (nSPS) is 26.6. The fraction of sp³-hybridized carbons (Fsp3) is 0.491. The molecule has 0 aromatic carbocycles. The molecule has 0 radical (unpaired) electrons. The number of carbonyl (C=O) groups excluding carboxylic acids is 2. The highest BCUT2D eigenvalue weighted by atomic mass is 16.5. The van der Waals surface area contributed by atoms with Crippen molar-refractivity contribution in [3.8, 4) is 11.8 Å². The van der Waals surface area contributed by atoms with Crippen LogP contribution in [0.25, 0.3) is 21.5 Å². The van der Waals surface area contributed by atoms with E-state index in [1.54, 1.807) is 36.7 Å². The van der Waals surface area contributed by atoms with Gasteiger partial charge < -0.3 is 51.3 Å². The summed E-state index contributed by atoms with van der Waals surface area (Å²) in [6.07, 6.45) is 12.7. The van der Waals surface area contributed by atoms with Gasteiger partial charge in [-0.3, -0.25) is 0 Å². The lowest BCUT2D eigenvalue weighted by Gasteiger charge is -2.32. The summed E-state index contributed by atoms with van der Waals surface area (Å²) in [5.41, 5.74) is 16.9. The van der Waals surface area contributed by atoms with Gasteiger partial charge in [-0.05, 0) is 124 Å². The van der Waals surface area contributed by atoms with E-state index in [-0.39, 0.29) is 67.8 Å². The third kappa shape index (κ3) is 9.61. The van der Waals surface area contributed by atoms with Gasteiger partial charge in [0, 0.05) is 73.4 Å². The molecule has 6 aliphatic rings. The van der Waals surface area contributed by atoms with Gasteiger partial charge in [0.15, 0.2) is 0 Å². The number of nitrogens with one attached hydrogen (secondary N) is 2. The third-order valence-corrected chi connectivity index (χ3v) is 15.8. The van der Waals surface area contributed by atoms with Gasteiger partial charge in [-0.15, -0.1) is 0 Å². The Bertz CT molecular complexity index is 2910. The first-order valence-electron chi connectivity index (χ1n) is 25.2. The van der Waals surface area contributed by atoms with Crippen LogP contribution in [0.15, 0.2) is 61.2 Å². The number of aliphatic hydroxyl groups is 2. The minimum atomic E-state index is -0.523. The minimum Gasteiger partial charge on any atom is -0.474 e. The number of esters is 2. The molecule has 18 heteroatoms. The van der Waals surface area contributed by atoms with Crippen LogP contribution in [0.2, 0.25) is 0 Å². The van der Waals surface area contributed by atoms with Crippen molar-refractivity contribution >= 4 is 56.8 Å². The molecular formula is C55H66N10O8. The second-order valence-electron chi connectivity index (χ2n) is 21.3. The predicted octanol–water partition coefficient (Wildman–Crippen LogP) is 8.47. The Morgan fingerprint density at radius 2 is 0.959 bits per heavy atom. The maximum absolute atomic E-state index is 12.3. The Hall–Kier alpha value is -6.60. The number of cyclic esters (lactones) is 2. The number of fused-ring (bicyclic) bond motifs is 4. The second kappa shape index (κ2) is 19.0. The Morgan fingerprint density at radius 1 is 0.575 bits per heavy atom. The van der Waals surface area contributed by atoms with E-state index in [4.69, 9.17) is 40.4 Å². The molecule has 2 aliphatic heterocycles. The number of anilines is 4. The van der Waals surface area contributed by atoms with Crippen LogP contribution in [0.3, 0.4) is 0 Å². The van der Waals surface area contributed by atoms with E-state index in [2.05, 4.69) is 44.4 Å². The highest BCUT2D eigenvalue weighted by Crippen LogP contribution is 2.48. The number of aromatic nitrogens is 6. The fourth-order valence-electron chi connectivity index (χ4n) is 10.3. The van der Waals surface area contributed by atoms with Crippen LogP contribution in [-0.4, -0.2) is 88.7 Å². The molecule has 8 heterocycles. The molecule has 0 saturated heterocycles. The Kier molecular flexibility index (Phi) is 13.0. The average molecular weight is 995 g/mol. The van der Waals surface area contributed by atoms with Crippen molar-refractivity contribution < 1.29 is 38.7 Å². The van der Waals surface area contributed by atoms with Crippen LogP contribution in [-0.2, 0) is 20.6 Å². The maximum Gasteiger partial charge on any atom is 0.340 e. The van der Waals surface area contributed by atoms with Crippen molar-refractivity contribution in [2.75, 3.05) is 10.6 Å². The molecule has 0 spiro atoms. The molecule has 0 unspecified atom stereocenters. The van der Waals surface area contributed by atoms with E-state index in [1.807, 2.05) is 52.2 Å². The Labute approximate surface area is 424 Å². The number of hydrogen-bond acceptors (Lipinski definition) is 18. The molecule has 4 saturated carbocycles. The zero-order chi connectivity index (χ0) is 50.4. The van der Waals surface area contributed by atoms with Crippen molar-refractivity contribution in [1.82, 2.24) is 29.9 Å². The number of nitrogens with zero attached hydrogens (tertiary/aromatic N) is 6. The topological polar surface area (TPSA) is 265 Å². The number of nitrogens with two attached hydrogens (primary N) is 2. The first-order valence-corrected chi connectivity index (χ1v) is 25.2. The largest absolute Gasteiger partial charge is 0.474 e. The van der Waals surface area contributed by atoms with Crippen LogP contribution < -0.4 is 31.6 Å². The van der Waals surface area contributed by atoms with Gasteiger partial charge in [0.1, 0.15) is 47.7 Å². The summed E-state index contributed by atoms with van der Waals surface area (Å²) in [5.74, 6) is 3.53. The summed E-state index contributed by atoms with van der Waals surface area (Å²) < 4.78 is 23.0. The predicted molar refractivity (Wildman–Crippen MR) is 275 cm³/mol. The van der Waals surface area contributed by atoms with E-state index < -0.39 is 11.1 Å². The molecule has 0 amide bonds. The molecular weight excluding hydrogens is 929 g/mol. The molecule has 73 heavy (non-hydrogen) atoms. The molecule has 0 bridgehead atoms. The number of ether oxygens (including phenoxy) is 4. The Balaban J connectivity index is 0.000000165. The lowest BCUT2D eigenvalue weighted by molar-refractivity contribution is -0.0125. The molecule has 6 aromatic heterocycles. The van der Waals surface area contributed by atoms with E-state index in [9.17, 15) is 19.8 Å². The first kappa shape index (κ1) is 50.0. The fourth-order valence-corrected chi connectivity index (χ4v) is 10.3. The third-order valence-electron chi connectivity index (χ3n) is 15.8. The SMILES string of the molecule is C.C[C@@H]1OC(=O)c2ccc(Nc3cc4c([C@@](C)(N)C5CC5)cnc(OC5CC(O)C5)c4cn3)nc2[C@H]1C.C[C@@H]1OC(=O)c2ccc(Nc3cc4c([C@](C)(N)C5CC5)cnc(OC5CC(O)C5)c4cn3)nc2[C@H]1C. The highest BCUT2D eigenvalue weighted by molar-refractivity contribution is 5.95. The smallest absolute Gasteiger partial charge is 0.340 e. The average Bonchev–Trinajstić information content (AvgIpc) is 4.26. The van der Waals surface area contributed by atoms with Crippen molar-refractivity contribution in [3.63, 3.8) is 0 Å². The molecule has 6 atom stereocenters. The van der Waals surface area contributed by atoms with Crippen LogP contribution in [0.5, 0.6) is 11.8 Å². The number of hydrogen-bond donors (Lipinski definition) is 6. The standard InChI is InChI=1S/2C27H31N5O4.CH4/c2*1-13-14(2)35-26(34)18-6-7-22(32-24(13)18)31-23-10-19-20(11-29-23)25(36-17-8-16(33)9-17)30-12-21(19)27(3,28)15-4-5-15;/h2*6-7,10-17,33H,4-5,8-9,28H2,1-3H3,(H,29,31,32);1H4/t13-,14-,16?,17?,27+;13-,14-,16?,17?,27-;/m00./s1. The zero-order valence-electron chi connectivity index (χ0n) is 41.4. The van der Waals surface area contributed by atoms with E-state index in [0.29, 0.717) is 83.7 Å². The van der Waals surface area contributed by atoms with Gasteiger partial charge in [-0.25, -0.2) is 39.5 Å². The summed E-state index contributed by atoms with van der Waals surface area (Å²) in [4.78, 5) is 52.4. The number of rotatable bonds is 12. The highest BCUT2D eigenvalue weighted by Gasteiger charge is 2.43. The molecule has 4 aliphatic carbocycles. The molecule has 4 fully saturated rings. The first-order chi connectivity index (χ1) is 34.4. The van der Waals surface area contributed by atoms with Gasteiger partial charge >= 0.3 is 11.9 Å². The molecule has 12 rings (SSSR count). The van der Waals surface area contributed by atoms with Gasteiger partial charge in [0.2, 0.25) is 11.8 Å². The van der Waals surface area contributed by atoms with E-state index >= 15 is 0 Å². The quantitative estimate of drug-likeness (QED) is 0.0628. The molecule has 8 N–H and O–H groups in total. The van der Waals surface area contributed by atoms with Gasteiger partial charge in [0.25, 0.3) is 0 Å². The number of carbonyl (C=O) groups is 2. The molecule has 384 valence electrons. The zero-order valence-corrected chi connectivity index (χ0v) is 41.4. The van der Waals surface area contributed by atoms with Crippen molar-refractivity contribution in [2.45, 2.75) is 160 Å². The van der Waals surface area contributed by atoms with Crippen molar-refractivity contribution in [1.29, 1.82) is 0 Å². The number of aliphatic hydroxyl groups excluding tert-OH is 2. The Morgan fingerprint density at radius 3 is 1.32 bits per heavy atom. The summed E-state index contributed by atoms with van der Waals surface area (Å²) in [7, 11) is 0. The summed E-state index contributed by atoms with van der Waals surface area (Å²) in [5, 5.41) is 29.3. The van der Waals surface area contributed by atoms with Crippen molar-refractivity contribution in [3.05, 3.63) is 94.8 Å². The van der Waals surface area contributed by atoms with E-state index in [1.165, 1.54) is 0 Å². The monoisotopic (exact) mass is 995 g/mol. The van der Waals surface area contributed by atoms with Crippen LogP contribution in [0.1, 0.15) is 155 Å². The summed E-state index contributed by atoms with van der Waals surface area (Å²) >= 11 is 0. The summed E-state index contributed by atoms with van der Waals surface area (Å²) in [6.45, 7) is 11.9. The lowest BCUT2D eigenvalue weighted by atomic mass is 9.86. The lowest BCUT2D eigenvalue weighted by Crippen LogP contribution is -2.38. The minimum absolute atomic E-state index is 0.